The summed E-state index contributed by atoms with van der Waals surface area (Å²) < 4.78 is 0. The number of hydrogen-bond donors (Lipinski definition) is 2. The molecule has 2 atom stereocenters. The molecule has 0 saturated heterocycles. The van der Waals surface area contributed by atoms with E-state index < -0.39 is 0 Å². The lowest BCUT2D eigenvalue weighted by molar-refractivity contribution is 0.0114. The van der Waals surface area contributed by atoms with Crippen LogP contribution in [0.1, 0.15) is 33.6 Å². The molecule has 2 aliphatic rings. The summed E-state index contributed by atoms with van der Waals surface area (Å²) in [5.41, 5.74) is 1.71. The minimum Gasteiger partial charge on any atom is -0.392 e. The van der Waals surface area contributed by atoms with Gasteiger partial charge in [-0.25, -0.2) is 0 Å². The molecule has 0 bridgehead atoms. The lowest BCUT2D eigenvalue weighted by atomic mass is 9.58. The maximum Gasteiger partial charge on any atom is 0.0628 e. The van der Waals surface area contributed by atoms with E-state index in [9.17, 15) is 5.11 Å². The van der Waals surface area contributed by atoms with Crippen LogP contribution in [-0.4, -0.2) is 24.3 Å². The summed E-state index contributed by atoms with van der Waals surface area (Å²) in [5, 5.41) is 13.4. The van der Waals surface area contributed by atoms with E-state index >= 15 is 0 Å². The summed E-state index contributed by atoms with van der Waals surface area (Å²) in [6.45, 7) is 8.69. The average molecular weight is 195 g/mol. The van der Waals surface area contributed by atoms with Crippen molar-refractivity contribution in [2.45, 2.75) is 39.7 Å². The van der Waals surface area contributed by atoms with Crippen LogP contribution in [0.25, 0.3) is 0 Å². The highest BCUT2D eigenvalue weighted by atomic mass is 16.3. The normalized spacial score (nSPS) is 41.4. The van der Waals surface area contributed by atoms with Crippen molar-refractivity contribution >= 4 is 0 Å². The minimum absolute atomic E-state index is 0.0326. The van der Waals surface area contributed by atoms with Crippen LogP contribution < -0.4 is 5.32 Å². The molecule has 0 amide bonds. The number of rotatable bonds is 0. The van der Waals surface area contributed by atoms with Gasteiger partial charge < -0.3 is 10.4 Å². The van der Waals surface area contributed by atoms with Crippen LogP contribution in [0.5, 0.6) is 0 Å². The second-order valence-electron chi connectivity index (χ2n) is 5.59. The third kappa shape index (κ3) is 1.32. The van der Waals surface area contributed by atoms with Gasteiger partial charge in [0.15, 0.2) is 0 Å². The van der Waals surface area contributed by atoms with Crippen LogP contribution in [-0.2, 0) is 0 Å². The van der Waals surface area contributed by atoms with Crippen molar-refractivity contribution in [3.63, 3.8) is 0 Å². The van der Waals surface area contributed by atoms with Gasteiger partial charge in [0.25, 0.3) is 0 Å². The summed E-state index contributed by atoms with van der Waals surface area (Å²) in [6, 6.07) is 0. The Hall–Kier alpha value is -0.340. The molecule has 14 heavy (non-hydrogen) atoms. The molecular formula is C12H21NO. The maximum absolute atomic E-state index is 10.0. The number of fused-ring (bicyclic) bond motifs is 1. The minimum atomic E-state index is -0.167. The summed E-state index contributed by atoms with van der Waals surface area (Å²) >= 11 is 0. The molecule has 0 aromatic carbocycles. The SMILES string of the molecule is CC1(C)C2=CCNC[C@@]2(C)CC[C@H]1O. The molecule has 0 radical (unpaired) electrons. The van der Waals surface area contributed by atoms with E-state index in [0.29, 0.717) is 0 Å². The Labute approximate surface area is 86.4 Å². The molecule has 0 aromatic heterocycles. The zero-order chi connectivity index (χ0) is 10.4. The fourth-order valence-corrected chi connectivity index (χ4v) is 3.12. The number of hydrogen-bond acceptors (Lipinski definition) is 2. The Morgan fingerprint density at radius 2 is 2.14 bits per heavy atom. The smallest absolute Gasteiger partial charge is 0.0628 e. The van der Waals surface area contributed by atoms with Crippen LogP contribution in [0.15, 0.2) is 11.6 Å². The molecule has 0 aromatic rings. The first kappa shape index (κ1) is 10.2. The molecule has 1 heterocycles. The molecule has 1 aliphatic carbocycles. The summed E-state index contributed by atoms with van der Waals surface area (Å²) in [7, 11) is 0. The van der Waals surface area contributed by atoms with E-state index in [2.05, 4.69) is 32.2 Å². The first-order chi connectivity index (χ1) is 6.47. The standard InChI is InChI=1S/C12H21NO/c1-11(2)9-5-7-13-8-12(9,3)6-4-10(11)14/h5,10,13-14H,4,6-8H2,1-3H3/t10-,12-/m1/s1. The van der Waals surface area contributed by atoms with Crippen molar-refractivity contribution in [1.82, 2.24) is 5.32 Å². The quantitative estimate of drug-likeness (QED) is 0.577. The van der Waals surface area contributed by atoms with Gasteiger partial charge in [-0.05, 0) is 12.8 Å². The van der Waals surface area contributed by atoms with Crippen LogP contribution in [0, 0.1) is 10.8 Å². The monoisotopic (exact) mass is 195 g/mol. The van der Waals surface area contributed by atoms with E-state index in [4.69, 9.17) is 0 Å². The summed E-state index contributed by atoms with van der Waals surface area (Å²) in [5.74, 6) is 0. The van der Waals surface area contributed by atoms with Crippen molar-refractivity contribution in [2.75, 3.05) is 13.1 Å². The largest absolute Gasteiger partial charge is 0.392 e. The van der Waals surface area contributed by atoms with Gasteiger partial charge in [-0.15, -0.1) is 0 Å². The van der Waals surface area contributed by atoms with Crippen LogP contribution in [0.2, 0.25) is 0 Å². The Kier molecular flexibility index (Phi) is 2.24. The predicted octanol–water partition coefficient (Wildman–Crippen LogP) is 1.70. The molecule has 1 aliphatic heterocycles. The molecule has 2 nitrogen and oxygen atoms in total. The first-order valence-corrected chi connectivity index (χ1v) is 5.57. The Morgan fingerprint density at radius 3 is 2.86 bits per heavy atom. The van der Waals surface area contributed by atoms with E-state index in [-0.39, 0.29) is 16.9 Å². The average Bonchev–Trinajstić information content (AvgIpc) is 2.13. The van der Waals surface area contributed by atoms with Crippen molar-refractivity contribution in [1.29, 1.82) is 0 Å². The van der Waals surface area contributed by atoms with Crippen molar-refractivity contribution in [2.24, 2.45) is 10.8 Å². The van der Waals surface area contributed by atoms with E-state index in [0.717, 1.165) is 25.9 Å². The van der Waals surface area contributed by atoms with Gasteiger partial charge in [0, 0.05) is 23.9 Å². The number of nitrogens with one attached hydrogen (secondary N) is 1. The van der Waals surface area contributed by atoms with Gasteiger partial charge in [-0.3, -0.25) is 0 Å². The van der Waals surface area contributed by atoms with Gasteiger partial charge in [0.2, 0.25) is 0 Å². The molecule has 1 saturated carbocycles. The second-order valence-corrected chi connectivity index (χ2v) is 5.59. The first-order valence-electron chi connectivity index (χ1n) is 5.57. The highest BCUT2D eigenvalue weighted by molar-refractivity contribution is 5.28. The van der Waals surface area contributed by atoms with Gasteiger partial charge in [-0.1, -0.05) is 32.4 Å². The fraction of sp³-hybridized carbons (Fsp3) is 0.833. The Morgan fingerprint density at radius 1 is 1.43 bits per heavy atom. The fourth-order valence-electron chi connectivity index (χ4n) is 3.12. The molecule has 80 valence electrons. The molecule has 2 heteroatoms. The third-order valence-electron chi connectivity index (χ3n) is 4.11. The Bertz CT molecular complexity index is 269. The predicted molar refractivity (Wildman–Crippen MR) is 58.1 cm³/mol. The molecule has 0 unspecified atom stereocenters. The number of aliphatic hydroxyl groups is 1. The van der Waals surface area contributed by atoms with Gasteiger partial charge in [0.05, 0.1) is 6.10 Å². The van der Waals surface area contributed by atoms with Crippen molar-refractivity contribution in [3.8, 4) is 0 Å². The summed E-state index contributed by atoms with van der Waals surface area (Å²) in [4.78, 5) is 0. The van der Waals surface area contributed by atoms with Gasteiger partial charge in [-0.2, -0.15) is 0 Å². The zero-order valence-electron chi connectivity index (χ0n) is 9.43. The van der Waals surface area contributed by atoms with Gasteiger partial charge in [0.1, 0.15) is 0 Å². The molecule has 2 rings (SSSR count). The van der Waals surface area contributed by atoms with E-state index in [1.165, 1.54) is 5.57 Å². The maximum atomic E-state index is 10.0. The van der Waals surface area contributed by atoms with Crippen LogP contribution in [0.4, 0.5) is 0 Å². The lowest BCUT2D eigenvalue weighted by Gasteiger charge is -2.50. The summed E-state index contributed by atoms with van der Waals surface area (Å²) in [6.07, 6.45) is 4.16. The topological polar surface area (TPSA) is 32.3 Å². The zero-order valence-corrected chi connectivity index (χ0v) is 9.43. The van der Waals surface area contributed by atoms with Crippen LogP contribution >= 0.6 is 0 Å². The highest BCUT2D eigenvalue weighted by Crippen LogP contribution is 2.51. The molecule has 2 N–H and O–H groups in total. The van der Waals surface area contributed by atoms with Gasteiger partial charge >= 0.3 is 0 Å². The number of aliphatic hydroxyl groups excluding tert-OH is 1. The Balaban J connectivity index is 2.39. The van der Waals surface area contributed by atoms with Crippen molar-refractivity contribution in [3.05, 3.63) is 11.6 Å². The lowest BCUT2D eigenvalue weighted by Crippen LogP contribution is -2.50. The molecule has 0 spiro atoms. The molecule has 1 fully saturated rings. The highest BCUT2D eigenvalue weighted by Gasteiger charge is 2.46. The molecular weight excluding hydrogens is 174 g/mol. The second kappa shape index (κ2) is 3.07. The van der Waals surface area contributed by atoms with E-state index in [1.54, 1.807) is 0 Å². The van der Waals surface area contributed by atoms with Crippen LogP contribution in [0.3, 0.4) is 0 Å². The van der Waals surface area contributed by atoms with Crippen molar-refractivity contribution < 1.29 is 5.11 Å². The van der Waals surface area contributed by atoms with E-state index in [1.807, 2.05) is 0 Å². The third-order valence-corrected chi connectivity index (χ3v) is 4.11.